The van der Waals surface area contributed by atoms with E-state index in [0.29, 0.717) is 19.4 Å². The zero-order valence-electron chi connectivity index (χ0n) is 9.81. The lowest BCUT2D eigenvalue weighted by Crippen LogP contribution is -2.46. The Kier molecular flexibility index (Phi) is 6.41. The predicted octanol–water partition coefficient (Wildman–Crippen LogP) is 0.933. The molecule has 8 nitrogen and oxygen atoms in total. The third-order valence-electron chi connectivity index (χ3n) is 2.43. The highest BCUT2D eigenvalue weighted by molar-refractivity contribution is 7.79. The number of hydrogen-bond donors (Lipinski definition) is 0. The Balaban J connectivity index is 2.57. The molecule has 0 aromatic heterocycles. The zero-order chi connectivity index (χ0) is 12.7. The van der Waals surface area contributed by atoms with Gasteiger partial charge in [0.05, 0.1) is 13.2 Å². The van der Waals surface area contributed by atoms with Gasteiger partial charge in [-0.15, -0.1) is 0 Å². The number of hydroxylamine groups is 2. The molecule has 0 spiro atoms. The maximum Gasteiger partial charge on any atom is 0.170 e. The van der Waals surface area contributed by atoms with Gasteiger partial charge in [-0.1, -0.05) is 5.11 Å². The van der Waals surface area contributed by atoms with E-state index in [1.54, 1.807) is 5.06 Å². The summed E-state index contributed by atoms with van der Waals surface area (Å²) in [6, 6.07) is -0.223. The molecular formula is C8H16N4O4S. The van der Waals surface area contributed by atoms with Gasteiger partial charge in [-0.05, 0) is 18.4 Å². The minimum atomic E-state index is -1.38. The molecule has 0 aliphatic carbocycles. The Hall–Kier alpha value is -0.700. The second-order valence-electron chi connectivity index (χ2n) is 3.60. The van der Waals surface area contributed by atoms with Crippen molar-refractivity contribution in [2.45, 2.75) is 24.9 Å². The fourth-order valence-corrected chi connectivity index (χ4v) is 2.18. The van der Waals surface area contributed by atoms with Gasteiger partial charge in [0.25, 0.3) is 0 Å². The summed E-state index contributed by atoms with van der Waals surface area (Å²) in [5.74, 6) is 0. The van der Waals surface area contributed by atoms with E-state index in [9.17, 15) is 4.21 Å². The van der Waals surface area contributed by atoms with E-state index < -0.39 is 11.1 Å². The fourth-order valence-electron chi connectivity index (χ4n) is 1.72. The smallest absolute Gasteiger partial charge is 0.170 e. The number of rotatable bonds is 6. The van der Waals surface area contributed by atoms with E-state index >= 15 is 0 Å². The summed E-state index contributed by atoms with van der Waals surface area (Å²) >= 11 is -1.38. The second kappa shape index (κ2) is 7.59. The van der Waals surface area contributed by atoms with Crippen molar-refractivity contribution in [1.82, 2.24) is 5.06 Å². The molecule has 1 rings (SSSR count). The quantitative estimate of drug-likeness (QED) is 0.234. The van der Waals surface area contributed by atoms with Gasteiger partial charge in [0.1, 0.15) is 6.61 Å². The van der Waals surface area contributed by atoms with E-state index in [0.717, 1.165) is 0 Å². The standard InChI is InChI=1S/C8H16N4O4S/c1-14-15-6-8-5-7(10-11-9)3-4-12(8)16-17(2)13/h7-8H,3-6H2,1-2H3. The summed E-state index contributed by atoms with van der Waals surface area (Å²) in [6.45, 7) is 0.812. The van der Waals surface area contributed by atoms with Gasteiger partial charge < -0.3 is 0 Å². The Morgan fingerprint density at radius 2 is 2.41 bits per heavy atom. The first kappa shape index (κ1) is 14.4. The molecule has 17 heavy (non-hydrogen) atoms. The summed E-state index contributed by atoms with van der Waals surface area (Å²) in [6.07, 6.45) is 2.71. The molecule has 98 valence electrons. The van der Waals surface area contributed by atoms with Crippen LogP contribution < -0.4 is 0 Å². The van der Waals surface area contributed by atoms with Crippen LogP contribution >= 0.6 is 0 Å². The molecule has 3 atom stereocenters. The molecule has 1 heterocycles. The lowest BCUT2D eigenvalue weighted by molar-refractivity contribution is -0.291. The number of hydrogen-bond acceptors (Lipinski definition) is 6. The highest BCUT2D eigenvalue weighted by Gasteiger charge is 2.30. The van der Waals surface area contributed by atoms with Crippen LogP contribution in [0.25, 0.3) is 10.4 Å². The number of nitrogens with zero attached hydrogens (tertiary/aromatic N) is 4. The van der Waals surface area contributed by atoms with Crippen molar-refractivity contribution >= 4 is 11.1 Å². The van der Waals surface area contributed by atoms with Gasteiger partial charge in [-0.2, -0.15) is 9.35 Å². The van der Waals surface area contributed by atoms with Crippen molar-refractivity contribution in [2.24, 2.45) is 5.11 Å². The maximum absolute atomic E-state index is 11.0. The molecule has 1 saturated heterocycles. The molecule has 3 unspecified atom stereocenters. The maximum atomic E-state index is 11.0. The van der Waals surface area contributed by atoms with E-state index in [1.165, 1.54) is 13.4 Å². The Bertz CT molecular complexity index is 310. The van der Waals surface area contributed by atoms with Gasteiger partial charge in [-0.3, -0.25) is 0 Å². The monoisotopic (exact) mass is 264 g/mol. The lowest BCUT2D eigenvalue weighted by atomic mass is 10.0. The van der Waals surface area contributed by atoms with Crippen molar-refractivity contribution < 1.29 is 18.3 Å². The van der Waals surface area contributed by atoms with Crippen LogP contribution in [-0.4, -0.2) is 47.9 Å². The van der Waals surface area contributed by atoms with Crippen LogP contribution in [0.15, 0.2) is 5.11 Å². The number of azide groups is 1. The lowest BCUT2D eigenvalue weighted by Gasteiger charge is -2.35. The predicted molar refractivity (Wildman–Crippen MR) is 60.8 cm³/mol. The fraction of sp³-hybridized carbons (Fsp3) is 1.00. The van der Waals surface area contributed by atoms with E-state index in [-0.39, 0.29) is 18.7 Å². The van der Waals surface area contributed by atoms with Crippen LogP contribution in [0.5, 0.6) is 0 Å². The van der Waals surface area contributed by atoms with E-state index in [2.05, 4.69) is 14.9 Å². The average molecular weight is 264 g/mol. The highest BCUT2D eigenvalue weighted by Crippen LogP contribution is 2.21. The highest BCUT2D eigenvalue weighted by atomic mass is 32.2. The van der Waals surface area contributed by atoms with Gasteiger partial charge in [0.15, 0.2) is 11.1 Å². The number of piperidine rings is 1. The van der Waals surface area contributed by atoms with Gasteiger partial charge in [0, 0.05) is 23.8 Å². The average Bonchev–Trinajstić information content (AvgIpc) is 2.29. The first-order valence-corrected chi connectivity index (χ1v) is 6.64. The van der Waals surface area contributed by atoms with E-state index in [4.69, 9.17) is 14.7 Å². The van der Waals surface area contributed by atoms with Crippen molar-refractivity contribution in [2.75, 3.05) is 26.5 Å². The zero-order valence-corrected chi connectivity index (χ0v) is 10.6. The Labute approximate surface area is 102 Å². The minimum Gasteiger partial charge on any atom is -0.240 e. The molecular weight excluding hydrogens is 248 g/mol. The summed E-state index contributed by atoms with van der Waals surface area (Å²) in [5, 5.41) is 5.28. The van der Waals surface area contributed by atoms with Crippen LogP contribution in [0.3, 0.4) is 0 Å². The molecule has 9 heteroatoms. The SMILES string of the molecule is COOCC1CC(N=[N+]=[N-])CCN1OS(C)=O. The molecule has 0 aromatic rings. The van der Waals surface area contributed by atoms with Crippen LogP contribution in [0.1, 0.15) is 12.8 Å². The summed E-state index contributed by atoms with van der Waals surface area (Å²) < 4.78 is 16.2. The third kappa shape index (κ3) is 4.99. The first-order valence-electron chi connectivity index (χ1n) is 5.15. The molecule has 0 aromatic carbocycles. The summed E-state index contributed by atoms with van der Waals surface area (Å²) in [7, 11) is 1.41. The summed E-state index contributed by atoms with van der Waals surface area (Å²) in [5.41, 5.74) is 8.40. The van der Waals surface area contributed by atoms with Crippen LogP contribution in [0, 0.1) is 0 Å². The van der Waals surface area contributed by atoms with E-state index in [1.807, 2.05) is 0 Å². The van der Waals surface area contributed by atoms with Crippen molar-refractivity contribution in [3.05, 3.63) is 10.4 Å². The Morgan fingerprint density at radius 3 is 3.00 bits per heavy atom. The van der Waals surface area contributed by atoms with Crippen LogP contribution in [-0.2, 0) is 25.1 Å². The molecule has 0 bridgehead atoms. The van der Waals surface area contributed by atoms with Gasteiger partial charge in [0.2, 0.25) is 0 Å². The van der Waals surface area contributed by atoms with Crippen molar-refractivity contribution in [1.29, 1.82) is 0 Å². The second-order valence-corrected chi connectivity index (χ2v) is 4.56. The Morgan fingerprint density at radius 1 is 1.65 bits per heavy atom. The largest absolute Gasteiger partial charge is 0.240 e. The van der Waals surface area contributed by atoms with Gasteiger partial charge in [-0.25, -0.2) is 14.0 Å². The molecule has 0 amide bonds. The van der Waals surface area contributed by atoms with Crippen LogP contribution in [0.4, 0.5) is 0 Å². The molecule has 0 radical (unpaired) electrons. The molecule has 1 aliphatic heterocycles. The van der Waals surface area contributed by atoms with Gasteiger partial charge >= 0.3 is 0 Å². The third-order valence-corrected chi connectivity index (χ3v) is 2.83. The van der Waals surface area contributed by atoms with Crippen molar-refractivity contribution in [3.8, 4) is 0 Å². The molecule has 0 N–H and O–H groups in total. The van der Waals surface area contributed by atoms with Crippen molar-refractivity contribution in [3.63, 3.8) is 0 Å². The molecule has 0 saturated carbocycles. The summed E-state index contributed by atoms with van der Waals surface area (Å²) in [4.78, 5) is 12.2. The molecule has 1 aliphatic rings. The minimum absolute atomic E-state index is 0.0874. The first-order chi connectivity index (χ1) is 8.17. The normalized spacial score (nSPS) is 27.4. The topological polar surface area (TPSA) is 96.8 Å². The van der Waals surface area contributed by atoms with Crippen LogP contribution in [0.2, 0.25) is 0 Å². The molecule has 1 fully saturated rings.